The number of thioether (sulfide) groups is 1. The molecule has 1 aliphatic heterocycles. The smallest absolute Gasteiger partial charge is 0.190 e. The van der Waals surface area contributed by atoms with E-state index in [0.717, 1.165) is 50.2 Å². The zero-order valence-electron chi connectivity index (χ0n) is 12.3. The molecule has 20 heavy (non-hydrogen) atoms. The van der Waals surface area contributed by atoms with Gasteiger partial charge >= 0.3 is 0 Å². The van der Waals surface area contributed by atoms with E-state index in [1.807, 2.05) is 12.3 Å². The van der Waals surface area contributed by atoms with Crippen molar-refractivity contribution >= 4 is 29.2 Å². The predicted molar refractivity (Wildman–Crippen MR) is 86.0 cm³/mol. The summed E-state index contributed by atoms with van der Waals surface area (Å²) in [5.74, 6) is 0.946. The highest BCUT2D eigenvalue weighted by Gasteiger charge is 2.18. The molecule has 1 aromatic rings. The highest BCUT2D eigenvalue weighted by atomic mass is 35.5. The molecule has 5 nitrogen and oxygen atoms in total. The van der Waals surface area contributed by atoms with Crippen LogP contribution in [0.3, 0.4) is 0 Å². The van der Waals surface area contributed by atoms with Crippen LogP contribution in [0.2, 0.25) is 5.15 Å². The van der Waals surface area contributed by atoms with Crippen molar-refractivity contribution in [2.75, 3.05) is 64.5 Å². The normalized spacial score (nSPS) is 16.9. The molecule has 0 unspecified atom stereocenters. The van der Waals surface area contributed by atoms with Gasteiger partial charge in [-0.05, 0) is 20.4 Å². The molecule has 1 aliphatic rings. The molecule has 0 bridgehead atoms. The monoisotopic (exact) mass is 315 g/mol. The van der Waals surface area contributed by atoms with Crippen LogP contribution in [0, 0.1) is 0 Å². The molecule has 0 radical (unpaired) electrons. The van der Waals surface area contributed by atoms with E-state index in [9.17, 15) is 0 Å². The SMILES string of the molecule is CSc1nc(Cl)cc(N2CCN(CCN(C)C)CC2)n1. The van der Waals surface area contributed by atoms with Gasteiger partial charge in [0.1, 0.15) is 11.0 Å². The summed E-state index contributed by atoms with van der Waals surface area (Å²) in [4.78, 5) is 15.7. The zero-order valence-corrected chi connectivity index (χ0v) is 13.9. The largest absolute Gasteiger partial charge is 0.354 e. The number of nitrogens with zero attached hydrogens (tertiary/aromatic N) is 5. The van der Waals surface area contributed by atoms with Gasteiger partial charge in [-0.25, -0.2) is 9.97 Å². The Bertz CT molecular complexity index is 435. The first-order chi connectivity index (χ1) is 9.58. The number of hydrogen-bond donors (Lipinski definition) is 0. The van der Waals surface area contributed by atoms with Crippen LogP contribution in [-0.4, -0.2) is 79.4 Å². The fourth-order valence-electron chi connectivity index (χ4n) is 2.18. The van der Waals surface area contributed by atoms with Crippen LogP contribution in [0.15, 0.2) is 11.2 Å². The lowest BCUT2D eigenvalue weighted by Gasteiger charge is -2.35. The van der Waals surface area contributed by atoms with Gasteiger partial charge in [-0.1, -0.05) is 23.4 Å². The number of piperazine rings is 1. The Morgan fingerprint density at radius 1 is 1.25 bits per heavy atom. The van der Waals surface area contributed by atoms with E-state index >= 15 is 0 Å². The Labute approximate surface area is 130 Å². The van der Waals surface area contributed by atoms with Gasteiger partial charge in [-0.15, -0.1) is 0 Å². The zero-order chi connectivity index (χ0) is 14.5. The summed E-state index contributed by atoms with van der Waals surface area (Å²) in [5, 5.41) is 1.26. The Kier molecular flexibility index (Phi) is 5.89. The lowest BCUT2D eigenvalue weighted by atomic mass is 10.3. The summed E-state index contributed by atoms with van der Waals surface area (Å²) >= 11 is 7.58. The highest BCUT2D eigenvalue weighted by Crippen LogP contribution is 2.21. The van der Waals surface area contributed by atoms with Crippen LogP contribution in [0.4, 0.5) is 5.82 Å². The molecule has 0 amide bonds. The fraction of sp³-hybridized carbons (Fsp3) is 0.692. The second kappa shape index (κ2) is 7.45. The van der Waals surface area contributed by atoms with E-state index < -0.39 is 0 Å². The third-order valence-electron chi connectivity index (χ3n) is 3.40. The van der Waals surface area contributed by atoms with E-state index in [0.29, 0.717) is 5.15 Å². The summed E-state index contributed by atoms with van der Waals surface area (Å²) in [7, 11) is 4.23. The first-order valence-corrected chi connectivity index (χ1v) is 8.39. The molecule has 1 fully saturated rings. The third kappa shape index (κ3) is 4.48. The number of aromatic nitrogens is 2. The second-order valence-electron chi connectivity index (χ2n) is 5.17. The van der Waals surface area contributed by atoms with Crippen LogP contribution in [0.25, 0.3) is 0 Å². The van der Waals surface area contributed by atoms with Crippen molar-refractivity contribution in [3.05, 3.63) is 11.2 Å². The molecule has 112 valence electrons. The minimum atomic E-state index is 0.523. The van der Waals surface area contributed by atoms with E-state index in [1.54, 1.807) is 0 Å². The molecular weight excluding hydrogens is 294 g/mol. The number of hydrogen-bond acceptors (Lipinski definition) is 6. The van der Waals surface area contributed by atoms with Crippen LogP contribution in [0.1, 0.15) is 0 Å². The Morgan fingerprint density at radius 3 is 2.55 bits per heavy atom. The minimum Gasteiger partial charge on any atom is -0.354 e. The molecule has 0 atom stereocenters. The molecule has 2 heterocycles. The van der Waals surface area contributed by atoms with Crippen molar-refractivity contribution in [3.63, 3.8) is 0 Å². The lowest BCUT2D eigenvalue weighted by molar-refractivity contribution is 0.229. The lowest BCUT2D eigenvalue weighted by Crippen LogP contribution is -2.48. The van der Waals surface area contributed by atoms with Crippen molar-refractivity contribution in [1.82, 2.24) is 19.8 Å². The Morgan fingerprint density at radius 2 is 1.95 bits per heavy atom. The standard InChI is InChI=1S/C13H22ClN5S/c1-17(2)4-5-18-6-8-19(9-7-18)12-10-11(14)15-13(16-12)20-3/h10H,4-9H2,1-3H3. The van der Waals surface area contributed by atoms with Gasteiger partial charge in [-0.2, -0.15) is 0 Å². The van der Waals surface area contributed by atoms with Crippen molar-refractivity contribution in [2.45, 2.75) is 5.16 Å². The maximum atomic E-state index is 6.05. The van der Waals surface area contributed by atoms with E-state index in [4.69, 9.17) is 11.6 Å². The second-order valence-corrected chi connectivity index (χ2v) is 6.33. The fourth-order valence-corrected chi connectivity index (χ4v) is 2.78. The number of likely N-dealkylation sites (N-methyl/N-ethyl adjacent to an activating group) is 1. The van der Waals surface area contributed by atoms with Crippen molar-refractivity contribution in [2.24, 2.45) is 0 Å². The third-order valence-corrected chi connectivity index (χ3v) is 4.14. The number of anilines is 1. The average Bonchev–Trinajstić information content (AvgIpc) is 2.45. The Balaban J connectivity index is 1.91. The molecule has 1 aromatic heterocycles. The van der Waals surface area contributed by atoms with Gasteiger partial charge in [0.2, 0.25) is 0 Å². The van der Waals surface area contributed by atoms with Gasteiger partial charge < -0.3 is 9.80 Å². The maximum Gasteiger partial charge on any atom is 0.190 e. The number of rotatable bonds is 5. The average molecular weight is 316 g/mol. The Hall–Kier alpha value is -0.560. The molecular formula is C13H22ClN5S. The highest BCUT2D eigenvalue weighted by molar-refractivity contribution is 7.98. The summed E-state index contributed by atoms with van der Waals surface area (Å²) in [6.07, 6.45) is 1.97. The van der Waals surface area contributed by atoms with E-state index in [2.05, 4.69) is 38.8 Å². The molecule has 0 N–H and O–H groups in total. The van der Waals surface area contributed by atoms with E-state index in [-0.39, 0.29) is 0 Å². The molecule has 7 heteroatoms. The van der Waals surface area contributed by atoms with E-state index in [1.165, 1.54) is 11.8 Å². The van der Waals surface area contributed by atoms with Crippen LogP contribution in [-0.2, 0) is 0 Å². The van der Waals surface area contributed by atoms with Crippen LogP contribution >= 0.6 is 23.4 Å². The van der Waals surface area contributed by atoms with Gasteiger partial charge in [0, 0.05) is 45.3 Å². The number of halogens is 1. The molecule has 2 rings (SSSR count). The van der Waals surface area contributed by atoms with Gasteiger partial charge in [-0.3, -0.25) is 4.90 Å². The molecule has 0 saturated carbocycles. The predicted octanol–water partition coefficient (Wildman–Crippen LogP) is 1.54. The van der Waals surface area contributed by atoms with Gasteiger partial charge in [0.05, 0.1) is 0 Å². The maximum absolute atomic E-state index is 6.05. The topological polar surface area (TPSA) is 35.5 Å². The molecule has 0 aliphatic carbocycles. The van der Waals surface area contributed by atoms with Gasteiger partial charge in [0.25, 0.3) is 0 Å². The molecule has 0 spiro atoms. The molecule has 1 saturated heterocycles. The first-order valence-electron chi connectivity index (χ1n) is 6.79. The van der Waals surface area contributed by atoms with Gasteiger partial charge in [0.15, 0.2) is 5.16 Å². The minimum absolute atomic E-state index is 0.523. The summed E-state index contributed by atoms with van der Waals surface area (Å²) < 4.78 is 0. The van der Waals surface area contributed by atoms with Crippen molar-refractivity contribution < 1.29 is 0 Å². The van der Waals surface area contributed by atoms with Crippen molar-refractivity contribution in [3.8, 4) is 0 Å². The summed E-state index contributed by atoms with van der Waals surface area (Å²) in [5.41, 5.74) is 0. The molecule has 0 aromatic carbocycles. The quantitative estimate of drug-likeness (QED) is 0.466. The summed E-state index contributed by atoms with van der Waals surface area (Å²) in [6.45, 7) is 6.37. The summed E-state index contributed by atoms with van der Waals surface area (Å²) in [6, 6.07) is 1.86. The van der Waals surface area contributed by atoms with Crippen LogP contribution < -0.4 is 4.90 Å². The first kappa shape index (κ1) is 15.8. The van der Waals surface area contributed by atoms with Crippen LogP contribution in [0.5, 0.6) is 0 Å². The van der Waals surface area contributed by atoms with Crippen molar-refractivity contribution in [1.29, 1.82) is 0 Å².